The molecule has 4 heteroatoms. The third-order valence-electron chi connectivity index (χ3n) is 5.54. The van der Waals surface area contributed by atoms with Gasteiger partial charge in [-0.2, -0.15) is 0 Å². The zero-order chi connectivity index (χ0) is 15.8. The van der Waals surface area contributed by atoms with Crippen molar-refractivity contribution in [2.75, 3.05) is 6.54 Å². The van der Waals surface area contributed by atoms with Crippen LogP contribution < -0.4 is 5.32 Å². The summed E-state index contributed by atoms with van der Waals surface area (Å²) in [6, 6.07) is 0. The highest BCUT2D eigenvalue weighted by atomic mass is 16.2. The van der Waals surface area contributed by atoms with Crippen molar-refractivity contribution in [3.05, 3.63) is 0 Å². The van der Waals surface area contributed by atoms with Gasteiger partial charge in [0.05, 0.1) is 0 Å². The molecule has 1 aliphatic carbocycles. The first-order valence-electron chi connectivity index (χ1n) is 8.46. The molecule has 1 heterocycles. The Balaban J connectivity index is 2.34. The van der Waals surface area contributed by atoms with Gasteiger partial charge in [0, 0.05) is 6.54 Å². The molecule has 21 heavy (non-hydrogen) atoms. The van der Waals surface area contributed by atoms with E-state index in [1.54, 1.807) is 0 Å². The molecule has 4 nitrogen and oxygen atoms in total. The minimum Gasteiger partial charge on any atom is -0.340 e. The van der Waals surface area contributed by atoms with Crippen LogP contribution in [0.25, 0.3) is 0 Å². The van der Waals surface area contributed by atoms with Crippen LogP contribution in [0, 0.1) is 11.8 Å². The number of piperazine rings is 1. The van der Waals surface area contributed by atoms with E-state index in [0.717, 1.165) is 19.3 Å². The number of amides is 2. The fraction of sp³-hybridized carbons (Fsp3) is 0.882. The molecule has 2 fully saturated rings. The first kappa shape index (κ1) is 16.3. The number of rotatable bonds is 6. The summed E-state index contributed by atoms with van der Waals surface area (Å²) in [6.45, 7) is 11.0. The lowest BCUT2D eigenvalue weighted by molar-refractivity contribution is -0.164. The lowest BCUT2D eigenvalue weighted by Crippen LogP contribution is -2.75. The summed E-state index contributed by atoms with van der Waals surface area (Å²) >= 11 is 0. The second kappa shape index (κ2) is 5.62. The van der Waals surface area contributed by atoms with Gasteiger partial charge in [-0.1, -0.05) is 27.7 Å². The van der Waals surface area contributed by atoms with Crippen molar-refractivity contribution in [1.29, 1.82) is 0 Å². The maximum absolute atomic E-state index is 13.1. The van der Waals surface area contributed by atoms with Crippen LogP contribution in [0.15, 0.2) is 0 Å². The molecule has 1 saturated heterocycles. The molecule has 1 atom stereocenters. The largest absolute Gasteiger partial charge is 0.340 e. The second-order valence-electron chi connectivity index (χ2n) is 7.30. The number of carbonyl (C=O) groups is 2. The van der Waals surface area contributed by atoms with Crippen molar-refractivity contribution < 1.29 is 9.59 Å². The first-order chi connectivity index (χ1) is 9.81. The number of nitrogens with one attached hydrogen (secondary N) is 1. The van der Waals surface area contributed by atoms with Crippen LogP contribution in [0.5, 0.6) is 0 Å². The highest BCUT2D eigenvalue weighted by Crippen LogP contribution is 2.46. The van der Waals surface area contributed by atoms with Crippen LogP contribution in [-0.4, -0.2) is 34.3 Å². The van der Waals surface area contributed by atoms with E-state index in [0.29, 0.717) is 31.2 Å². The Kier molecular flexibility index (Phi) is 4.36. The monoisotopic (exact) mass is 294 g/mol. The van der Waals surface area contributed by atoms with E-state index in [4.69, 9.17) is 0 Å². The van der Waals surface area contributed by atoms with Crippen LogP contribution in [0.1, 0.15) is 66.7 Å². The predicted molar refractivity (Wildman–Crippen MR) is 83.8 cm³/mol. The summed E-state index contributed by atoms with van der Waals surface area (Å²) in [4.78, 5) is 27.9. The molecule has 0 aromatic carbocycles. The highest BCUT2D eigenvalue weighted by molar-refractivity contribution is 6.02. The predicted octanol–water partition coefficient (Wildman–Crippen LogP) is 2.72. The van der Waals surface area contributed by atoms with Gasteiger partial charge in [0.1, 0.15) is 11.1 Å². The van der Waals surface area contributed by atoms with Crippen molar-refractivity contribution in [1.82, 2.24) is 10.2 Å². The SMILES string of the molecule is CCC1(CC)NC(=O)C(C)(C2CC2)N(CCC(C)C)C1=O. The van der Waals surface area contributed by atoms with Gasteiger partial charge in [0.15, 0.2) is 0 Å². The summed E-state index contributed by atoms with van der Waals surface area (Å²) in [7, 11) is 0. The summed E-state index contributed by atoms with van der Waals surface area (Å²) in [5.41, 5.74) is -1.33. The van der Waals surface area contributed by atoms with Crippen molar-refractivity contribution in [2.24, 2.45) is 11.8 Å². The van der Waals surface area contributed by atoms with Gasteiger partial charge >= 0.3 is 0 Å². The molecule has 0 bridgehead atoms. The zero-order valence-corrected chi connectivity index (χ0v) is 14.2. The normalized spacial score (nSPS) is 29.0. The molecular weight excluding hydrogens is 264 g/mol. The Bertz CT molecular complexity index is 425. The Morgan fingerprint density at radius 2 is 1.81 bits per heavy atom. The average Bonchev–Trinajstić information content (AvgIpc) is 3.27. The molecule has 120 valence electrons. The quantitative estimate of drug-likeness (QED) is 0.819. The van der Waals surface area contributed by atoms with Gasteiger partial charge in [-0.25, -0.2) is 0 Å². The van der Waals surface area contributed by atoms with Crippen LogP contribution >= 0.6 is 0 Å². The zero-order valence-electron chi connectivity index (χ0n) is 14.2. The fourth-order valence-electron chi connectivity index (χ4n) is 3.49. The lowest BCUT2D eigenvalue weighted by atomic mass is 9.80. The molecule has 0 aromatic rings. The number of nitrogens with zero attached hydrogens (tertiary/aromatic N) is 1. The van der Waals surface area contributed by atoms with Gasteiger partial charge < -0.3 is 10.2 Å². The first-order valence-corrected chi connectivity index (χ1v) is 8.46. The van der Waals surface area contributed by atoms with Crippen molar-refractivity contribution in [2.45, 2.75) is 77.8 Å². The summed E-state index contributed by atoms with van der Waals surface area (Å²) in [5.74, 6) is 1.04. The molecule has 1 unspecified atom stereocenters. The minimum atomic E-state index is -0.692. The van der Waals surface area contributed by atoms with Crippen LogP contribution in [-0.2, 0) is 9.59 Å². The van der Waals surface area contributed by atoms with Gasteiger partial charge in [-0.15, -0.1) is 0 Å². The van der Waals surface area contributed by atoms with Gasteiger partial charge in [-0.05, 0) is 50.9 Å². The molecule has 1 saturated carbocycles. The molecule has 0 radical (unpaired) electrons. The highest BCUT2D eigenvalue weighted by Gasteiger charge is 2.60. The van der Waals surface area contributed by atoms with E-state index in [9.17, 15) is 9.59 Å². The number of hydrogen-bond donors (Lipinski definition) is 1. The Morgan fingerprint density at radius 1 is 1.24 bits per heavy atom. The van der Waals surface area contributed by atoms with Gasteiger partial charge in [-0.3, -0.25) is 9.59 Å². The maximum Gasteiger partial charge on any atom is 0.249 e. The van der Waals surface area contributed by atoms with E-state index in [1.807, 2.05) is 25.7 Å². The van der Waals surface area contributed by atoms with Crippen LogP contribution in [0.4, 0.5) is 0 Å². The van der Waals surface area contributed by atoms with E-state index >= 15 is 0 Å². The molecule has 0 spiro atoms. The smallest absolute Gasteiger partial charge is 0.249 e. The molecule has 0 aromatic heterocycles. The minimum absolute atomic E-state index is 0.0528. The molecular formula is C17H30N2O2. The number of carbonyl (C=O) groups excluding carboxylic acids is 2. The van der Waals surface area contributed by atoms with E-state index in [1.165, 1.54) is 0 Å². The maximum atomic E-state index is 13.1. The topological polar surface area (TPSA) is 49.4 Å². The van der Waals surface area contributed by atoms with Crippen LogP contribution in [0.2, 0.25) is 0 Å². The van der Waals surface area contributed by atoms with Crippen molar-refractivity contribution in [3.63, 3.8) is 0 Å². The number of hydrogen-bond acceptors (Lipinski definition) is 2. The third-order valence-corrected chi connectivity index (χ3v) is 5.54. The lowest BCUT2D eigenvalue weighted by Gasteiger charge is -2.51. The summed E-state index contributed by atoms with van der Waals surface area (Å²) < 4.78 is 0. The van der Waals surface area contributed by atoms with Crippen molar-refractivity contribution >= 4 is 11.8 Å². The molecule has 1 N–H and O–H groups in total. The Labute approximate surface area is 128 Å². The van der Waals surface area contributed by atoms with Gasteiger partial charge in [0.2, 0.25) is 11.8 Å². The van der Waals surface area contributed by atoms with Crippen molar-refractivity contribution in [3.8, 4) is 0 Å². The van der Waals surface area contributed by atoms with E-state index in [2.05, 4.69) is 19.2 Å². The average molecular weight is 294 g/mol. The Hall–Kier alpha value is -1.06. The molecule has 1 aliphatic heterocycles. The molecule has 2 aliphatic rings. The second-order valence-corrected chi connectivity index (χ2v) is 7.30. The standard InChI is InChI=1S/C17H30N2O2/c1-6-17(7-2)15(21)19(11-10-12(3)4)16(5,13-8-9-13)14(20)18-17/h12-13H,6-11H2,1-5H3,(H,18,20). The summed E-state index contributed by atoms with van der Waals surface area (Å²) in [5, 5.41) is 3.08. The fourth-order valence-corrected chi connectivity index (χ4v) is 3.49. The molecule has 2 rings (SSSR count). The van der Waals surface area contributed by atoms with E-state index in [-0.39, 0.29) is 11.8 Å². The van der Waals surface area contributed by atoms with E-state index < -0.39 is 11.1 Å². The Morgan fingerprint density at radius 3 is 2.24 bits per heavy atom. The van der Waals surface area contributed by atoms with Crippen LogP contribution in [0.3, 0.4) is 0 Å². The molecule has 2 amide bonds. The van der Waals surface area contributed by atoms with Gasteiger partial charge in [0.25, 0.3) is 0 Å². The third kappa shape index (κ3) is 2.58. The summed E-state index contributed by atoms with van der Waals surface area (Å²) in [6.07, 6.45) is 4.38.